The minimum absolute atomic E-state index is 0.289. The molecule has 0 spiro atoms. The first-order valence-electron chi connectivity index (χ1n) is 4.89. The highest BCUT2D eigenvalue weighted by molar-refractivity contribution is 9.10. The topological polar surface area (TPSA) is 70.0 Å². The van der Waals surface area contributed by atoms with E-state index in [0.29, 0.717) is 10.0 Å². The number of hydrogen-bond acceptors (Lipinski definition) is 3. The van der Waals surface area contributed by atoms with Gasteiger partial charge in [0.1, 0.15) is 6.07 Å². The maximum atomic E-state index is 12.0. The molecule has 0 heterocycles. The van der Waals surface area contributed by atoms with Crippen molar-refractivity contribution in [2.45, 2.75) is 25.5 Å². The molecule has 4 nitrogen and oxygen atoms in total. The minimum Gasteiger partial charge on any atom is -0.282 e. The van der Waals surface area contributed by atoms with E-state index < -0.39 is 14.8 Å². The molecule has 0 saturated carbocycles. The van der Waals surface area contributed by atoms with Crippen molar-refractivity contribution >= 4 is 31.6 Å². The van der Waals surface area contributed by atoms with E-state index >= 15 is 0 Å². The summed E-state index contributed by atoms with van der Waals surface area (Å²) in [7, 11) is -3.52. The molecule has 0 aliphatic rings. The summed E-state index contributed by atoms with van der Waals surface area (Å²) in [5, 5.41) is 8.91. The highest BCUT2D eigenvalue weighted by Crippen LogP contribution is 2.25. The maximum absolute atomic E-state index is 12.0. The van der Waals surface area contributed by atoms with Gasteiger partial charge in [0.2, 0.25) is 10.0 Å². The molecule has 0 unspecified atom stereocenters. The van der Waals surface area contributed by atoms with Crippen molar-refractivity contribution in [2.75, 3.05) is 4.72 Å². The Labute approximate surface area is 110 Å². The van der Waals surface area contributed by atoms with Gasteiger partial charge in [-0.3, -0.25) is 4.72 Å². The van der Waals surface area contributed by atoms with Crippen LogP contribution in [0.4, 0.5) is 5.69 Å². The summed E-state index contributed by atoms with van der Waals surface area (Å²) in [4.78, 5) is 0. The lowest BCUT2D eigenvalue weighted by Crippen LogP contribution is -2.33. The van der Waals surface area contributed by atoms with Crippen LogP contribution in [0.25, 0.3) is 0 Å². The molecular weight excluding hydrogens is 304 g/mol. The zero-order valence-corrected chi connectivity index (χ0v) is 12.2. The first-order valence-corrected chi connectivity index (χ1v) is 7.17. The molecule has 6 heteroatoms. The molecule has 17 heavy (non-hydrogen) atoms. The number of nitriles is 1. The molecule has 1 aromatic carbocycles. The normalized spacial score (nSPS) is 11.9. The lowest BCUT2D eigenvalue weighted by Gasteiger charge is -2.20. The van der Waals surface area contributed by atoms with E-state index in [9.17, 15) is 8.42 Å². The molecule has 0 aromatic heterocycles. The summed E-state index contributed by atoms with van der Waals surface area (Å²) in [6, 6.07) is 6.77. The molecular formula is C11H13BrN2O2S. The number of halogens is 1. The van der Waals surface area contributed by atoms with Gasteiger partial charge < -0.3 is 0 Å². The first-order chi connectivity index (χ1) is 7.67. The molecule has 0 aliphatic heterocycles. The Morgan fingerprint density at radius 3 is 2.41 bits per heavy atom. The van der Waals surface area contributed by atoms with E-state index in [1.54, 1.807) is 39.0 Å². The molecule has 1 aromatic rings. The lowest BCUT2D eigenvalue weighted by molar-refractivity contribution is 0.566. The van der Waals surface area contributed by atoms with Crippen LogP contribution < -0.4 is 4.72 Å². The fourth-order valence-corrected chi connectivity index (χ4v) is 2.12. The van der Waals surface area contributed by atoms with E-state index in [0.717, 1.165) is 0 Å². The van der Waals surface area contributed by atoms with Crippen LogP contribution in [0.1, 0.15) is 26.3 Å². The molecule has 1 N–H and O–H groups in total. The Bertz CT molecular complexity index is 568. The van der Waals surface area contributed by atoms with Crippen molar-refractivity contribution in [3.63, 3.8) is 0 Å². The smallest absolute Gasteiger partial charge is 0.237 e. The van der Waals surface area contributed by atoms with Gasteiger partial charge in [-0.2, -0.15) is 5.26 Å². The molecule has 0 atom stereocenters. The van der Waals surface area contributed by atoms with Crippen LogP contribution in [0, 0.1) is 11.3 Å². The number of rotatable bonds is 2. The van der Waals surface area contributed by atoms with Crippen molar-refractivity contribution in [1.82, 2.24) is 0 Å². The predicted octanol–water partition coefficient (Wildman–Crippen LogP) is 2.86. The van der Waals surface area contributed by atoms with Gasteiger partial charge in [0.05, 0.1) is 16.0 Å². The molecule has 92 valence electrons. The average molecular weight is 317 g/mol. The molecule has 0 amide bonds. The third-order valence-corrected chi connectivity index (χ3v) is 4.75. The average Bonchev–Trinajstić information content (AvgIpc) is 2.15. The van der Waals surface area contributed by atoms with Gasteiger partial charge in [-0.1, -0.05) is 15.9 Å². The van der Waals surface area contributed by atoms with Gasteiger partial charge in [0.15, 0.2) is 0 Å². The highest BCUT2D eigenvalue weighted by atomic mass is 79.9. The van der Waals surface area contributed by atoms with Crippen molar-refractivity contribution < 1.29 is 8.42 Å². The highest BCUT2D eigenvalue weighted by Gasteiger charge is 2.29. The fourth-order valence-electron chi connectivity index (χ4n) is 0.996. The number of sulfonamides is 1. The van der Waals surface area contributed by atoms with Crippen LogP contribution in [-0.2, 0) is 10.0 Å². The van der Waals surface area contributed by atoms with Gasteiger partial charge in [0.25, 0.3) is 0 Å². The van der Waals surface area contributed by atoms with E-state index in [-0.39, 0.29) is 5.69 Å². The summed E-state index contributed by atoms with van der Waals surface area (Å²) in [6.45, 7) is 4.79. The predicted molar refractivity (Wildman–Crippen MR) is 71.2 cm³/mol. The standard InChI is InChI=1S/C11H13BrN2O2S/c1-11(2,3)17(15,16)14-10-6-9(12)5-4-8(10)7-13/h4-6,14H,1-3H3. The summed E-state index contributed by atoms with van der Waals surface area (Å²) in [5.41, 5.74) is 0.581. The number of anilines is 1. The summed E-state index contributed by atoms with van der Waals surface area (Å²) >= 11 is 3.24. The molecule has 0 bridgehead atoms. The third kappa shape index (κ3) is 3.20. The second-order valence-corrected chi connectivity index (χ2v) is 7.87. The zero-order chi connectivity index (χ0) is 13.3. The van der Waals surface area contributed by atoms with Gasteiger partial charge in [0, 0.05) is 4.47 Å². The second-order valence-electron chi connectivity index (χ2n) is 4.52. The van der Waals surface area contributed by atoms with Crippen molar-refractivity contribution in [2.24, 2.45) is 0 Å². The SMILES string of the molecule is CC(C)(C)S(=O)(=O)Nc1cc(Br)ccc1C#N. The molecule has 1 rings (SSSR count). The minimum atomic E-state index is -3.52. The second kappa shape index (κ2) is 4.67. The summed E-state index contributed by atoms with van der Waals surface area (Å²) in [5.74, 6) is 0. The van der Waals surface area contributed by atoms with Gasteiger partial charge in [-0.15, -0.1) is 0 Å². The summed E-state index contributed by atoms with van der Waals surface area (Å²) < 4.78 is 26.2. The summed E-state index contributed by atoms with van der Waals surface area (Å²) in [6.07, 6.45) is 0. The van der Waals surface area contributed by atoms with Crippen LogP contribution in [0.2, 0.25) is 0 Å². The van der Waals surface area contributed by atoms with E-state index in [4.69, 9.17) is 5.26 Å². The van der Waals surface area contributed by atoms with E-state index in [2.05, 4.69) is 20.7 Å². The number of hydrogen-bond donors (Lipinski definition) is 1. The molecule has 0 radical (unpaired) electrons. The Kier molecular flexibility index (Phi) is 3.84. The van der Waals surface area contributed by atoms with Gasteiger partial charge >= 0.3 is 0 Å². The lowest BCUT2D eigenvalue weighted by atomic mass is 10.2. The fraction of sp³-hybridized carbons (Fsp3) is 0.364. The third-order valence-electron chi connectivity index (χ3n) is 2.15. The molecule has 0 fully saturated rings. The number of nitrogens with one attached hydrogen (secondary N) is 1. The van der Waals surface area contributed by atoms with E-state index in [1.807, 2.05) is 6.07 Å². The Balaban J connectivity index is 3.22. The number of nitrogens with zero attached hydrogens (tertiary/aromatic N) is 1. The van der Waals surface area contributed by atoms with Crippen LogP contribution in [-0.4, -0.2) is 13.2 Å². The molecule has 0 aliphatic carbocycles. The van der Waals surface area contributed by atoms with Crippen molar-refractivity contribution in [3.05, 3.63) is 28.2 Å². The quantitative estimate of drug-likeness (QED) is 0.912. The van der Waals surface area contributed by atoms with E-state index in [1.165, 1.54) is 0 Å². The first kappa shape index (κ1) is 14.0. The van der Waals surface area contributed by atoms with Crippen LogP contribution >= 0.6 is 15.9 Å². The van der Waals surface area contributed by atoms with Gasteiger partial charge in [-0.25, -0.2) is 8.42 Å². The van der Waals surface area contributed by atoms with Gasteiger partial charge in [-0.05, 0) is 39.0 Å². The number of benzene rings is 1. The Morgan fingerprint density at radius 1 is 1.35 bits per heavy atom. The van der Waals surface area contributed by atoms with Crippen LogP contribution in [0.3, 0.4) is 0 Å². The monoisotopic (exact) mass is 316 g/mol. The Morgan fingerprint density at radius 2 is 1.94 bits per heavy atom. The van der Waals surface area contributed by atoms with Crippen LogP contribution in [0.5, 0.6) is 0 Å². The Hall–Kier alpha value is -1.06. The zero-order valence-electron chi connectivity index (χ0n) is 9.78. The maximum Gasteiger partial charge on any atom is 0.237 e. The largest absolute Gasteiger partial charge is 0.282 e. The van der Waals surface area contributed by atoms with Crippen molar-refractivity contribution in [3.8, 4) is 6.07 Å². The molecule has 0 saturated heterocycles. The van der Waals surface area contributed by atoms with Crippen molar-refractivity contribution in [1.29, 1.82) is 5.26 Å². The van der Waals surface area contributed by atoms with Crippen LogP contribution in [0.15, 0.2) is 22.7 Å².